The summed E-state index contributed by atoms with van der Waals surface area (Å²) >= 11 is 1.84. The number of nitrogens with one attached hydrogen (secondary N) is 6. The molecule has 15 N–H and O–H groups in total. The minimum absolute atomic E-state index is 0.0279. The van der Waals surface area contributed by atoms with Crippen molar-refractivity contribution in [2.24, 2.45) is 0 Å². The minimum Gasteiger partial charge on any atom is -0.726 e. The first kappa shape index (κ1) is 80.4. The molecule has 0 aromatic rings. The molecule has 0 aromatic carbocycles. The number of thioether (sulfide) groups is 1. The van der Waals surface area contributed by atoms with E-state index in [1.807, 2.05) is 11.8 Å². The Morgan fingerprint density at radius 3 is 1.56 bits per heavy atom. The van der Waals surface area contributed by atoms with E-state index in [9.17, 15) is 105 Å². The van der Waals surface area contributed by atoms with E-state index in [0.717, 1.165) is 38.9 Å². The van der Waals surface area contributed by atoms with Gasteiger partial charge in [0.05, 0.1) is 84.8 Å². The predicted octanol–water partition coefficient (Wildman–Crippen LogP) is -9.87. The van der Waals surface area contributed by atoms with Gasteiger partial charge in [0.15, 0.2) is 37.4 Å². The Morgan fingerprint density at radius 1 is 0.552 bits per heavy atom. The van der Waals surface area contributed by atoms with Gasteiger partial charge >= 0.3 is 18.0 Å². The number of hydrogen-bond donors (Lipinski definition) is 15. The normalized spacial score (nSPS) is 34.7. The van der Waals surface area contributed by atoms with Crippen molar-refractivity contribution in [3.63, 3.8) is 0 Å². The van der Waals surface area contributed by atoms with E-state index in [0.29, 0.717) is 38.0 Å². The summed E-state index contributed by atoms with van der Waals surface area (Å²) < 4.78 is 146. The highest BCUT2D eigenvalue weighted by Gasteiger charge is 2.59. The van der Waals surface area contributed by atoms with Crippen molar-refractivity contribution in [2.75, 3.05) is 91.5 Å². The molecule has 552 valence electrons. The lowest BCUT2D eigenvalue weighted by molar-refractivity contribution is -0.368. The molecule has 0 aliphatic carbocycles. The monoisotopic (exact) mass is 1450 g/mol. The number of carboxylic acids is 2. The van der Waals surface area contributed by atoms with Crippen LogP contribution in [0.2, 0.25) is 0 Å². The number of carbonyl (C=O) groups excluding carboxylic acids is 5. The van der Waals surface area contributed by atoms with Crippen molar-refractivity contribution in [1.29, 1.82) is 0 Å². The van der Waals surface area contributed by atoms with E-state index in [-0.39, 0.29) is 70.0 Å². The van der Waals surface area contributed by atoms with Crippen molar-refractivity contribution in [1.82, 2.24) is 31.9 Å². The van der Waals surface area contributed by atoms with E-state index in [1.54, 1.807) is 0 Å². The molecule has 0 aromatic heterocycles. The highest BCUT2D eigenvalue weighted by Crippen LogP contribution is 2.37. The van der Waals surface area contributed by atoms with Crippen LogP contribution in [0.5, 0.6) is 0 Å². The zero-order valence-electron chi connectivity index (χ0n) is 51.5. The van der Waals surface area contributed by atoms with Gasteiger partial charge in [-0.3, -0.25) is 27.5 Å². The van der Waals surface area contributed by atoms with Crippen LogP contribution in [-0.4, -0.2) is 345 Å². The summed E-state index contributed by atoms with van der Waals surface area (Å²) in [6.45, 7) is 0.400. The molecule has 0 spiro atoms. The maximum Gasteiger partial charge on any atom is 0.335 e. The number of aliphatic hydroxyl groups is 7. The molecule has 6 saturated heterocycles. The molecule has 6 aliphatic rings. The summed E-state index contributed by atoms with van der Waals surface area (Å²) in [5, 5.41) is 113. The molecule has 23 atom stereocenters. The van der Waals surface area contributed by atoms with Crippen LogP contribution in [0.25, 0.3) is 0 Å². The van der Waals surface area contributed by atoms with Gasteiger partial charge in [0.1, 0.15) is 85.3 Å². The standard InChI is InChI=1S/C51H84N6O36S3/c1-22(60)54-31-33(64)38(92-95(74,75)76)25(19-58)85-47(31)88-42-35(66)37(68)50(91-44(42)46(71)72)87-40-32(55-23(2)61)48(86-26(20-59)39(40)93-96(77,78)79)89-41-34(65)36(67)49(90-43(41)45(69)70)84-12-9-53-29(63)7-10-80-13-15-82-17-18-83-16-14-81-11-8-52-28(62)6-4-3-5-27-30-24(21-94-27)56-51(73)57-30/h24-27,30-44,47-50,58-59,64-68H,3-21H2,1-2H3,(H,52,62)(H,53,63)(H,54,60)(H,55,61)(H,69,70)(H,71,72)(H2,56,57,73)(H,74,75,76)(H,77,78,79)/p-2/t24-,25+,26+,27-,30-,31+,32+,33+,34+,35+,36+,37+,38-,39-,40+,41-,42-,43-,44-,47-,48-,49+,50+/m0/s1. The van der Waals surface area contributed by atoms with Gasteiger partial charge in [0.2, 0.25) is 44.4 Å². The van der Waals surface area contributed by atoms with Crippen LogP contribution in [0, 0.1) is 0 Å². The fourth-order valence-corrected chi connectivity index (χ4v) is 13.4. The van der Waals surface area contributed by atoms with Gasteiger partial charge < -0.3 is 144 Å². The molecule has 6 heterocycles. The maximum atomic E-state index is 12.8. The Labute approximate surface area is 552 Å². The van der Waals surface area contributed by atoms with Gasteiger partial charge in [-0.1, -0.05) is 6.42 Å². The molecule has 42 nitrogen and oxygen atoms in total. The molecular weight excluding hydrogens is 1370 g/mol. The summed E-state index contributed by atoms with van der Waals surface area (Å²) in [4.78, 5) is 86.7. The number of fused-ring (bicyclic) bond motifs is 1. The van der Waals surface area contributed by atoms with E-state index >= 15 is 0 Å². The van der Waals surface area contributed by atoms with Crippen LogP contribution in [0.4, 0.5) is 4.79 Å². The summed E-state index contributed by atoms with van der Waals surface area (Å²) in [6, 6.07) is -4.03. The van der Waals surface area contributed by atoms with Gasteiger partial charge in [-0.2, -0.15) is 11.8 Å². The highest BCUT2D eigenvalue weighted by atomic mass is 32.3. The summed E-state index contributed by atoms with van der Waals surface area (Å²) in [6.07, 6.45) is -39.4. The van der Waals surface area contributed by atoms with E-state index in [1.165, 1.54) is 0 Å². The van der Waals surface area contributed by atoms with Gasteiger partial charge in [0.25, 0.3) is 0 Å². The molecule has 45 heteroatoms. The number of urea groups is 1. The van der Waals surface area contributed by atoms with E-state index in [2.05, 4.69) is 40.3 Å². The molecule has 0 unspecified atom stereocenters. The topological polar surface area (TPSA) is 617 Å². The smallest absolute Gasteiger partial charge is 0.335 e. The molecule has 6 amide bonds. The van der Waals surface area contributed by atoms with Gasteiger partial charge in [-0.25, -0.2) is 31.2 Å². The highest BCUT2D eigenvalue weighted by molar-refractivity contribution is 8.00. The number of unbranched alkanes of at least 4 members (excludes halogenated alkanes) is 1. The summed E-state index contributed by atoms with van der Waals surface area (Å²) in [7, 11) is -11.6. The second kappa shape index (κ2) is 38.3. The summed E-state index contributed by atoms with van der Waals surface area (Å²) in [5.41, 5.74) is 0. The van der Waals surface area contributed by atoms with Crippen LogP contribution in [0.1, 0.15) is 46.0 Å². The first-order chi connectivity index (χ1) is 45.4. The SMILES string of the molecule is CC(=O)N[C@H]1[C@H](O[C@H]2[C@H](O)[C@@H](O)[C@H](O[C@@H]3[C@@H](NC(C)=O)[C@H](O[C@H]4[C@H](O)[C@@H](O)[C@H](OCCNC(=O)CCOCCOCCOCCOCCNC(=O)CCCC[C@@H]5SC[C@@H]6NC(=O)N[C@@H]65)O[C@@H]4C(=O)O)O[C@H](CO)[C@@H]3OS(=O)(=O)[O-])O[C@@H]2C(=O)O)O[C@H](CO)[C@H](OS(=O)(=O)[O-])[C@@H]1O. The molecule has 96 heavy (non-hydrogen) atoms. The number of aliphatic hydroxyl groups excluding tert-OH is 7. The molecule has 6 rings (SSSR count). The Hall–Kier alpha value is -4.58. The lowest BCUT2D eigenvalue weighted by Gasteiger charge is -2.50. The van der Waals surface area contributed by atoms with Crippen molar-refractivity contribution >= 4 is 74.2 Å². The number of aliphatic carboxylic acids is 2. The largest absolute Gasteiger partial charge is 0.726 e. The second-order valence-corrected chi connectivity index (χ2v) is 25.6. The quantitative estimate of drug-likeness (QED) is 0.0117. The molecular formula is C51H82N6O36S3-2. The van der Waals surface area contributed by atoms with Crippen LogP contribution in [0.3, 0.4) is 0 Å². The Bertz CT molecular complexity index is 2770. The Kier molecular flexibility index (Phi) is 32.1. The minimum atomic E-state index is -5.94. The Balaban J connectivity index is 0.936. The third-order valence-corrected chi connectivity index (χ3v) is 17.7. The van der Waals surface area contributed by atoms with Gasteiger partial charge in [0, 0.05) is 50.8 Å². The third-order valence-electron chi connectivity index (χ3n) is 15.3. The molecule has 6 aliphatic heterocycles. The lowest BCUT2D eigenvalue weighted by atomic mass is 9.94. The van der Waals surface area contributed by atoms with Crippen LogP contribution < -0.4 is 31.9 Å². The zero-order valence-corrected chi connectivity index (χ0v) is 53.9. The van der Waals surface area contributed by atoms with E-state index in [4.69, 9.17) is 56.8 Å². The number of carboxylic acid groups (broad SMARTS) is 2. The fourth-order valence-electron chi connectivity index (χ4n) is 10.9. The average Bonchev–Trinajstić information content (AvgIpc) is 1.75. The average molecular weight is 1450 g/mol. The fraction of sp³-hybridized carbons (Fsp3) is 0.863. The number of carbonyl (C=O) groups is 7. The number of ether oxygens (including phenoxy) is 12. The van der Waals surface area contributed by atoms with Crippen molar-refractivity contribution in [3.05, 3.63) is 0 Å². The summed E-state index contributed by atoms with van der Waals surface area (Å²) in [5.74, 6) is -5.79. The van der Waals surface area contributed by atoms with Crippen LogP contribution >= 0.6 is 11.8 Å². The van der Waals surface area contributed by atoms with Gasteiger partial charge in [-0.15, -0.1) is 0 Å². The Morgan fingerprint density at radius 2 is 1.02 bits per heavy atom. The van der Waals surface area contributed by atoms with Gasteiger partial charge in [-0.05, 0) is 12.8 Å². The number of amides is 6. The predicted molar refractivity (Wildman–Crippen MR) is 307 cm³/mol. The van der Waals surface area contributed by atoms with Crippen molar-refractivity contribution < 1.29 is 171 Å². The first-order valence-corrected chi connectivity index (χ1v) is 33.8. The van der Waals surface area contributed by atoms with Crippen LogP contribution in [0.15, 0.2) is 0 Å². The molecule has 0 saturated carbocycles. The lowest BCUT2D eigenvalue weighted by Crippen LogP contribution is -2.71. The van der Waals surface area contributed by atoms with E-state index < -0.39 is 193 Å². The zero-order chi connectivity index (χ0) is 70.6. The first-order valence-electron chi connectivity index (χ1n) is 30.0. The number of hydrogen-bond acceptors (Lipinski definition) is 35. The molecule has 6 fully saturated rings. The second-order valence-electron chi connectivity index (χ2n) is 22.3. The molecule has 0 bridgehead atoms. The van der Waals surface area contributed by atoms with Crippen molar-refractivity contribution in [3.8, 4) is 0 Å². The maximum absolute atomic E-state index is 12.8. The number of rotatable bonds is 40. The van der Waals surface area contributed by atoms with Crippen LogP contribution in [-0.2, 0) is 115 Å². The van der Waals surface area contributed by atoms with Crippen molar-refractivity contribution in [2.45, 2.75) is 186 Å². The molecule has 0 radical (unpaired) electrons. The third kappa shape index (κ3) is 24.1.